The van der Waals surface area contributed by atoms with E-state index in [2.05, 4.69) is 16.0 Å². The van der Waals surface area contributed by atoms with Gasteiger partial charge in [-0.3, -0.25) is 14.9 Å². The molecule has 0 saturated carbocycles. The van der Waals surface area contributed by atoms with E-state index in [-0.39, 0.29) is 24.4 Å². The van der Waals surface area contributed by atoms with Crippen LogP contribution < -0.4 is 20.9 Å². The van der Waals surface area contributed by atoms with Crippen molar-refractivity contribution >= 4 is 28.3 Å². The Morgan fingerprint density at radius 1 is 1.21 bits per heavy atom. The van der Waals surface area contributed by atoms with Crippen LogP contribution >= 0.6 is 0 Å². The smallest absolute Gasteiger partial charge is 0.254 e. The molecule has 2 heterocycles. The molecule has 0 aliphatic carbocycles. The third-order valence-corrected chi connectivity index (χ3v) is 6.36. The summed E-state index contributed by atoms with van der Waals surface area (Å²) in [6.45, 7) is 2.06. The van der Waals surface area contributed by atoms with Crippen LogP contribution in [0.25, 0.3) is 10.8 Å². The predicted molar refractivity (Wildman–Crippen MR) is 128 cm³/mol. The first-order valence-corrected chi connectivity index (χ1v) is 11.9. The number of carbonyl (C=O) groups excluding carboxylic acids is 2. The van der Waals surface area contributed by atoms with E-state index in [0.717, 1.165) is 49.8 Å². The SMILES string of the molecule is CNC1NC(=O)c2cccc3c(ccc(C(=O)NCCCCCOC4CCCCO4)c23)N1C. The lowest BCUT2D eigenvalue weighted by atomic mass is 9.95. The second kappa shape index (κ2) is 11.0. The number of benzene rings is 2. The number of nitrogens with zero attached hydrogens (tertiary/aromatic N) is 1. The maximum atomic E-state index is 13.0. The van der Waals surface area contributed by atoms with Gasteiger partial charge in [0.25, 0.3) is 11.8 Å². The van der Waals surface area contributed by atoms with Gasteiger partial charge in [-0.2, -0.15) is 0 Å². The molecular weight excluding hydrogens is 420 g/mol. The molecule has 1 saturated heterocycles. The fourth-order valence-electron chi connectivity index (χ4n) is 4.54. The van der Waals surface area contributed by atoms with E-state index in [4.69, 9.17) is 9.47 Å². The quantitative estimate of drug-likeness (QED) is 0.505. The molecule has 2 aliphatic heterocycles. The van der Waals surface area contributed by atoms with Gasteiger partial charge in [-0.05, 0) is 63.8 Å². The molecule has 2 aromatic rings. The lowest BCUT2D eigenvalue weighted by Crippen LogP contribution is -2.55. The van der Waals surface area contributed by atoms with Crippen molar-refractivity contribution in [2.45, 2.75) is 51.1 Å². The van der Waals surface area contributed by atoms with Crippen LogP contribution in [0.3, 0.4) is 0 Å². The van der Waals surface area contributed by atoms with E-state index >= 15 is 0 Å². The standard InChI is InChI=1S/C25H34N4O4/c1-26-25-28-24(31)18-10-8-9-17-20(29(25)2)13-12-19(22(17)18)23(30)27-14-5-3-6-15-32-21-11-4-7-16-33-21/h8-10,12-13,21,25-26H,3-7,11,14-16H2,1-2H3,(H,27,30)(H,28,31). The second-order valence-corrected chi connectivity index (χ2v) is 8.62. The summed E-state index contributed by atoms with van der Waals surface area (Å²) in [5.74, 6) is -0.369. The minimum absolute atomic E-state index is 0.0459. The molecule has 3 N–H and O–H groups in total. The average Bonchev–Trinajstić information content (AvgIpc) is 2.85. The minimum Gasteiger partial charge on any atom is -0.353 e. The molecule has 0 aromatic heterocycles. The molecule has 2 aliphatic rings. The molecule has 8 heteroatoms. The Bertz CT molecular complexity index is 990. The third-order valence-electron chi connectivity index (χ3n) is 6.36. The number of ether oxygens (including phenoxy) is 2. The number of anilines is 1. The first kappa shape index (κ1) is 23.5. The van der Waals surface area contributed by atoms with Gasteiger partial charge in [-0.25, -0.2) is 0 Å². The second-order valence-electron chi connectivity index (χ2n) is 8.62. The molecule has 2 aromatic carbocycles. The van der Waals surface area contributed by atoms with Crippen LogP contribution in [-0.2, 0) is 9.47 Å². The molecule has 1 fully saturated rings. The maximum Gasteiger partial charge on any atom is 0.254 e. The molecule has 4 bridgehead atoms. The summed E-state index contributed by atoms with van der Waals surface area (Å²) in [6.07, 6.45) is 5.67. The Labute approximate surface area is 195 Å². The van der Waals surface area contributed by atoms with E-state index in [9.17, 15) is 9.59 Å². The topological polar surface area (TPSA) is 91.9 Å². The van der Waals surface area contributed by atoms with Gasteiger partial charge in [-0.15, -0.1) is 0 Å². The fraction of sp³-hybridized carbons (Fsp3) is 0.520. The Kier molecular flexibility index (Phi) is 7.80. The molecule has 2 atom stereocenters. The summed E-state index contributed by atoms with van der Waals surface area (Å²) >= 11 is 0. The van der Waals surface area contributed by atoms with Crippen molar-refractivity contribution in [1.82, 2.24) is 16.0 Å². The summed E-state index contributed by atoms with van der Waals surface area (Å²) < 4.78 is 11.3. The minimum atomic E-state index is -0.340. The van der Waals surface area contributed by atoms with E-state index in [1.807, 2.05) is 36.2 Å². The van der Waals surface area contributed by atoms with Gasteiger partial charge in [0.1, 0.15) is 0 Å². The van der Waals surface area contributed by atoms with Crippen LogP contribution in [0, 0.1) is 0 Å². The van der Waals surface area contributed by atoms with Crippen LogP contribution in [0.2, 0.25) is 0 Å². The van der Waals surface area contributed by atoms with Crippen molar-refractivity contribution in [3.05, 3.63) is 41.5 Å². The zero-order chi connectivity index (χ0) is 23.2. The van der Waals surface area contributed by atoms with Gasteiger partial charge in [0.15, 0.2) is 12.6 Å². The van der Waals surface area contributed by atoms with Crippen molar-refractivity contribution < 1.29 is 19.1 Å². The molecule has 33 heavy (non-hydrogen) atoms. The van der Waals surface area contributed by atoms with Gasteiger partial charge < -0.3 is 25.0 Å². The molecule has 4 rings (SSSR count). The highest BCUT2D eigenvalue weighted by molar-refractivity contribution is 6.18. The monoisotopic (exact) mass is 454 g/mol. The Morgan fingerprint density at radius 2 is 2.09 bits per heavy atom. The van der Waals surface area contributed by atoms with E-state index in [1.165, 1.54) is 6.42 Å². The maximum absolute atomic E-state index is 13.0. The highest BCUT2D eigenvalue weighted by atomic mass is 16.7. The van der Waals surface area contributed by atoms with Gasteiger partial charge in [0.05, 0.1) is 0 Å². The first-order chi connectivity index (χ1) is 16.1. The predicted octanol–water partition coefficient (Wildman–Crippen LogP) is 2.97. The molecular formula is C25H34N4O4. The third kappa shape index (κ3) is 5.29. The fourth-order valence-corrected chi connectivity index (χ4v) is 4.54. The summed E-state index contributed by atoms with van der Waals surface area (Å²) in [4.78, 5) is 27.9. The summed E-state index contributed by atoms with van der Waals surface area (Å²) in [5.41, 5.74) is 1.98. The molecule has 8 nitrogen and oxygen atoms in total. The van der Waals surface area contributed by atoms with Crippen LogP contribution in [0.5, 0.6) is 0 Å². The first-order valence-electron chi connectivity index (χ1n) is 11.9. The lowest BCUT2D eigenvalue weighted by Gasteiger charge is -2.33. The van der Waals surface area contributed by atoms with Crippen molar-refractivity contribution in [1.29, 1.82) is 0 Å². The number of amides is 2. The van der Waals surface area contributed by atoms with Gasteiger partial charge in [0.2, 0.25) is 0 Å². The number of rotatable bonds is 9. The lowest BCUT2D eigenvalue weighted by molar-refractivity contribution is -0.162. The molecule has 0 radical (unpaired) electrons. The van der Waals surface area contributed by atoms with Crippen molar-refractivity contribution in [2.24, 2.45) is 0 Å². The van der Waals surface area contributed by atoms with Crippen LogP contribution in [0.1, 0.15) is 59.2 Å². The van der Waals surface area contributed by atoms with Crippen LogP contribution in [0.15, 0.2) is 30.3 Å². The number of unbranched alkanes of at least 4 members (excludes halogenated alkanes) is 2. The van der Waals surface area contributed by atoms with Crippen molar-refractivity contribution in [3.63, 3.8) is 0 Å². The van der Waals surface area contributed by atoms with Crippen LogP contribution in [-0.4, -0.2) is 58.2 Å². The highest BCUT2D eigenvalue weighted by Gasteiger charge is 2.26. The largest absolute Gasteiger partial charge is 0.353 e. The number of nitrogens with one attached hydrogen (secondary N) is 3. The zero-order valence-corrected chi connectivity index (χ0v) is 19.5. The average molecular weight is 455 g/mol. The number of hydrogen-bond acceptors (Lipinski definition) is 6. The molecule has 178 valence electrons. The van der Waals surface area contributed by atoms with Gasteiger partial charge in [-0.1, -0.05) is 12.1 Å². The van der Waals surface area contributed by atoms with Crippen molar-refractivity contribution in [2.75, 3.05) is 38.8 Å². The summed E-state index contributed by atoms with van der Waals surface area (Å²) in [7, 11) is 3.71. The number of carbonyl (C=O) groups is 2. The zero-order valence-electron chi connectivity index (χ0n) is 19.5. The molecule has 0 spiro atoms. The Balaban J connectivity index is 1.37. The van der Waals surface area contributed by atoms with E-state index in [1.54, 1.807) is 13.1 Å². The Morgan fingerprint density at radius 3 is 2.88 bits per heavy atom. The highest BCUT2D eigenvalue weighted by Crippen LogP contribution is 2.33. The normalized spacial score (nSPS) is 20.4. The molecule has 2 unspecified atom stereocenters. The van der Waals surface area contributed by atoms with E-state index < -0.39 is 0 Å². The van der Waals surface area contributed by atoms with Gasteiger partial charge >= 0.3 is 0 Å². The number of hydrogen-bond donors (Lipinski definition) is 3. The van der Waals surface area contributed by atoms with E-state index in [0.29, 0.717) is 29.7 Å². The summed E-state index contributed by atoms with van der Waals surface area (Å²) in [6, 6.07) is 9.34. The van der Waals surface area contributed by atoms with Crippen molar-refractivity contribution in [3.8, 4) is 0 Å². The van der Waals surface area contributed by atoms with Gasteiger partial charge in [0, 0.05) is 54.4 Å². The van der Waals surface area contributed by atoms with Crippen LogP contribution in [0.4, 0.5) is 5.69 Å². The summed E-state index contributed by atoms with van der Waals surface area (Å²) in [5, 5.41) is 10.7. The Hall–Kier alpha value is -2.68. The molecule has 2 amide bonds.